The summed E-state index contributed by atoms with van der Waals surface area (Å²) >= 11 is 6.48. The molecule has 0 atom stereocenters. The van der Waals surface area contributed by atoms with Gasteiger partial charge in [0.25, 0.3) is 0 Å². The van der Waals surface area contributed by atoms with E-state index in [4.69, 9.17) is 16.3 Å². The summed E-state index contributed by atoms with van der Waals surface area (Å²) in [6.45, 7) is 3.94. The highest BCUT2D eigenvalue weighted by atomic mass is 35.5. The minimum absolute atomic E-state index is 0.242. The summed E-state index contributed by atoms with van der Waals surface area (Å²) in [5.41, 5.74) is 2.37. The number of hydrogen-bond donors (Lipinski definition) is 2. The van der Waals surface area contributed by atoms with Gasteiger partial charge in [-0.05, 0) is 49.2 Å². The summed E-state index contributed by atoms with van der Waals surface area (Å²) in [6.07, 6.45) is 6.31. The van der Waals surface area contributed by atoms with Gasteiger partial charge in [0.15, 0.2) is 15.7 Å². The third-order valence-corrected chi connectivity index (χ3v) is 9.38. The van der Waals surface area contributed by atoms with Crippen molar-refractivity contribution in [1.82, 2.24) is 19.9 Å². The number of hydrogen-bond acceptors (Lipinski definition) is 7. The lowest BCUT2D eigenvalue weighted by Crippen LogP contribution is -2.35. The van der Waals surface area contributed by atoms with Gasteiger partial charge in [0.1, 0.15) is 34.9 Å². The number of aromatic nitrogens is 3. The number of benzene rings is 2. The minimum Gasteiger partial charge on any atom is -0.456 e. The normalized spacial score (nSPS) is 13.8. The van der Waals surface area contributed by atoms with Gasteiger partial charge in [0.2, 0.25) is 5.91 Å². The fourth-order valence-electron chi connectivity index (χ4n) is 4.88. The molecular formula is C29H29ClFN5O4S. The predicted octanol–water partition coefficient (Wildman–Crippen LogP) is 6.03. The molecule has 0 bridgehead atoms. The average molecular weight is 598 g/mol. The minimum atomic E-state index is -3.44. The Morgan fingerprint density at radius 3 is 2.71 bits per heavy atom. The third kappa shape index (κ3) is 6.86. The van der Waals surface area contributed by atoms with Crippen LogP contribution in [0.25, 0.3) is 16.9 Å². The van der Waals surface area contributed by atoms with E-state index >= 15 is 0 Å². The van der Waals surface area contributed by atoms with Crippen molar-refractivity contribution in [1.29, 1.82) is 0 Å². The molecule has 0 aliphatic heterocycles. The van der Waals surface area contributed by atoms with Gasteiger partial charge >= 0.3 is 0 Å². The summed E-state index contributed by atoms with van der Waals surface area (Å²) in [5.74, 6) is -0.216. The fraction of sp³-hybridized carbons (Fsp3) is 0.276. The summed E-state index contributed by atoms with van der Waals surface area (Å²) in [4.78, 5) is 21.1. The topological polar surface area (TPSA) is 115 Å². The van der Waals surface area contributed by atoms with Crippen molar-refractivity contribution in [2.75, 3.05) is 17.6 Å². The molecule has 4 aromatic rings. The van der Waals surface area contributed by atoms with E-state index in [-0.39, 0.29) is 6.54 Å². The average Bonchev–Trinajstić information content (AvgIpc) is 3.62. The number of anilines is 2. The van der Waals surface area contributed by atoms with Gasteiger partial charge in [-0.15, -0.1) is 0 Å². The quantitative estimate of drug-likeness (QED) is 0.217. The molecule has 2 N–H and O–H groups in total. The van der Waals surface area contributed by atoms with Gasteiger partial charge in [-0.1, -0.05) is 43.2 Å². The Morgan fingerprint density at radius 2 is 1.95 bits per heavy atom. The molecule has 41 heavy (non-hydrogen) atoms. The maximum absolute atomic E-state index is 13.5. The van der Waals surface area contributed by atoms with Crippen molar-refractivity contribution in [3.63, 3.8) is 0 Å². The summed E-state index contributed by atoms with van der Waals surface area (Å²) in [7, 11) is -3.44. The van der Waals surface area contributed by atoms with E-state index in [0.29, 0.717) is 64.0 Å². The van der Waals surface area contributed by atoms with Gasteiger partial charge in [-0.2, -0.15) is 0 Å². The lowest BCUT2D eigenvalue weighted by atomic mass is 10.2. The van der Waals surface area contributed by atoms with E-state index in [1.165, 1.54) is 12.4 Å². The summed E-state index contributed by atoms with van der Waals surface area (Å²) in [5, 5.41) is 5.89. The summed E-state index contributed by atoms with van der Waals surface area (Å²) < 4.78 is 46.2. The SMILES string of the molecule is C=C(F)c1cccc(Oc2ccc(Nc3ncnc4ccn(CCNC(=O)CS(=O)(=O)C5CCCC5)c34)cc2Cl)c1. The van der Waals surface area contributed by atoms with Gasteiger partial charge in [-0.25, -0.2) is 22.8 Å². The maximum Gasteiger partial charge on any atom is 0.235 e. The van der Waals surface area contributed by atoms with E-state index in [1.54, 1.807) is 36.4 Å². The highest BCUT2D eigenvalue weighted by molar-refractivity contribution is 7.92. The smallest absolute Gasteiger partial charge is 0.235 e. The lowest BCUT2D eigenvalue weighted by molar-refractivity contribution is -0.118. The molecule has 0 unspecified atom stereocenters. The number of amides is 1. The molecule has 214 valence electrons. The number of fused-ring (bicyclic) bond motifs is 1. The molecule has 1 saturated carbocycles. The van der Waals surface area contributed by atoms with Crippen LogP contribution >= 0.6 is 11.6 Å². The van der Waals surface area contributed by atoms with Gasteiger partial charge in [0, 0.05) is 30.5 Å². The van der Waals surface area contributed by atoms with Crippen molar-refractivity contribution in [3.8, 4) is 11.5 Å². The molecule has 1 aliphatic rings. The van der Waals surface area contributed by atoms with E-state index in [1.807, 2.05) is 16.8 Å². The fourth-order valence-corrected chi connectivity index (χ4v) is 6.85. The van der Waals surface area contributed by atoms with E-state index in [2.05, 4.69) is 27.2 Å². The first-order valence-corrected chi connectivity index (χ1v) is 15.3. The molecule has 12 heteroatoms. The zero-order chi connectivity index (χ0) is 29.0. The van der Waals surface area contributed by atoms with Crippen LogP contribution in [0, 0.1) is 0 Å². The Labute approximate surface area is 242 Å². The Bertz CT molecular complexity index is 1700. The van der Waals surface area contributed by atoms with E-state index < -0.39 is 32.6 Å². The summed E-state index contributed by atoms with van der Waals surface area (Å²) in [6, 6.07) is 13.5. The number of nitrogens with zero attached hydrogens (tertiary/aromatic N) is 3. The van der Waals surface area contributed by atoms with E-state index in [9.17, 15) is 17.6 Å². The van der Waals surface area contributed by atoms with Crippen LogP contribution in [0.4, 0.5) is 15.9 Å². The van der Waals surface area contributed by atoms with E-state index in [0.717, 1.165) is 12.8 Å². The van der Waals surface area contributed by atoms with Crippen LogP contribution in [-0.4, -0.2) is 46.4 Å². The number of sulfone groups is 1. The Balaban J connectivity index is 1.25. The first-order chi connectivity index (χ1) is 19.7. The number of halogens is 2. The lowest BCUT2D eigenvalue weighted by Gasteiger charge is -2.14. The van der Waals surface area contributed by atoms with Crippen molar-refractivity contribution in [2.45, 2.75) is 37.5 Å². The monoisotopic (exact) mass is 597 g/mol. The standard InChI is InChI=1S/C29H29ClFN5O4S/c1-19(31)20-5-4-6-22(15-20)40-26-10-9-21(16-24(26)30)35-29-28-25(33-18-34-29)11-13-36(28)14-12-32-27(37)17-41(38,39)23-7-2-3-8-23/h4-6,9-11,13,15-16,18,23H,1-3,7-8,12,14,17H2,(H,32,37)(H,33,34,35). The van der Waals surface area contributed by atoms with Crippen molar-refractivity contribution < 1.29 is 22.3 Å². The Hall–Kier alpha value is -3.96. The van der Waals surface area contributed by atoms with Crippen molar-refractivity contribution in [3.05, 3.63) is 78.2 Å². The molecule has 1 aliphatic carbocycles. The molecule has 5 rings (SSSR count). The van der Waals surface area contributed by atoms with Crippen LogP contribution in [0.5, 0.6) is 11.5 Å². The van der Waals surface area contributed by atoms with Crippen LogP contribution in [0.2, 0.25) is 5.02 Å². The zero-order valence-corrected chi connectivity index (χ0v) is 23.7. The first kappa shape index (κ1) is 28.6. The molecule has 9 nitrogen and oxygen atoms in total. The van der Waals surface area contributed by atoms with Gasteiger partial charge in [0.05, 0.1) is 15.8 Å². The van der Waals surface area contributed by atoms with Crippen LogP contribution in [0.1, 0.15) is 31.2 Å². The number of carbonyl (C=O) groups is 1. The number of ether oxygens (including phenoxy) is 1. The number of rotatable bonds is 11. The molecular weight excluding hydrogens is 569 g/mol. The first-order valence-electron chi connectivity index (χ1n) is 13.2. The molecule has 2 aromatic carbocycles. The van der Waals surface area contributed by atoms with Crippen molar-refractivity contribution in [2.24, 2.45) is 0 Å². The molecule has 0 spiro atoms. The highest BCUT2D eigenvalue weighted by Crippen LogP contribution is 2.34. The largest absolute Gasteiger partial charge is 0.456 e. The molecule has 0 radical (unpaired) electrons. The number of carbonyl (C=O) groups excluding carboxylic acids is 1. The Kier molecular flexibility index (Phi) is 8.55. The molecule has 2 heterocycles. The second-order valence-electron chi connectivity index (χ2n) is 9.83. The van der Waals surface area contributed by atoms with Crippen molar-refractivity contribution >= 4 is 55.7 Å². The molecule has 1 amide bonds. The van der Waals surface area contributed by atoms with Gasteiger partial charge < -0.3 is 19.9 Å². The van der Waals surface area contributed by atoms with Crippen LogP contribution in [-0.2, 0) is 21.2 Å². The highest BCUT2D eigenvalue weighted by Gasteiger charge is 2.30. The maximum atomic E-state index is 13.5. The third-order valence-electron chi connectivity index (χ3n) is 6.94. The van der Waals surface area contributed by atoms with Crippen LogP contribution in [0.3, 0.4) is 0 Å². The van der Waals surface area contributed by atoms with Gasteiger partial charge in [-0.3, -0.25) is 4.79 Å². The molecule has 2 aromatic heterocycles. The van der Waals surface area contributed by atoms with Crippen LogP contribution < -0.4 is 15.4 Å². The molecule has 1 fully saturated rings. The second-order valence-corrected chi connectivity index (χ2v) is 12.5. The van der Waals surface area contributed by atoms with Crippen LogP contribution in [0.15, 0.2) is 67.6 Å². The number of nitrogens with one attached hydrogen (secondary N) is 2. The predicted molar refractivity (Wildman–Crippen MR) is 158 cm³/mol. The Morgan fingerprint density at radius 1 is 1.15 bits per heavy atom. The molecule has 0 saturated heterocycles. The zero-order valence-electron chi connectivity index (χ0n) is 22.1. The second kappa shape index (κ2) is 12.3.